The van der Waals surface area contributed by atoms with Gasteiger partial charge in [0.05, 0.1) is 0 Å². The minimum atomic E-state index is -0.854. The molecule has 1 atom stereocenters. The summed E-state index contributed by atoms with van der Waals surface area (Å²) < 4.78 is 0. The van der Waals surface area contributed by atoms with Crippen molar-refractivity contribution in [2.75, 3.05) is 0 Å². The van der Waals surface area contributed by atoms with Crippen LogP contribution in [0.2, 0.25) is 0 Å². The number of carboxylic acid groups (broad SMARTS) is 1. The van der Waals surface area contributed by atoms with Crippen molar-refractivity contribution in [3.05, 3.63) is 35.4 Å². The summed E-state index contributed by atoms with van der Waals surface area (Å²) in [6, 6.07) is 6.59. The monoisotopic (exact) mass is 276 g/mol. The van der Waals surface area contributed by atoms with E-state index in [1.54, 1.807) is 30.3 Å². The van der Waals surface area contributed by atoms with E-state index in [4.69, 9.17) is 0 Å². The molecule has 1 rings (SSSR count). The summed E-state index contributed by atoms with van der Waals surface area (Å²) in [4.78, 5) is 11.4. The maximum absolute atomic E-state index is 11.4. The van der Waals surface area contributed by atoms with E-state index in [1.807, 2.05) is 0 Å². The van der Waals surface area contributed by atoms with Crippen LogP contribution in [0.25, 0.3) is 6.08 Å². The first-order valence-electron chi connectivity index (χ1n) is 7.29. The fourth-order valence-electron chi connectivity index (χ4n) is 2.23. The molecule has 2 N–H and O–H groups in total. The van der Waals surface area contributed by atoms with Crippen molar-refractivity contribution in [2.45, 2.75) is 46.0 Å². The van der Waals surface area contributed by atoms with Crippen LogP contribution < -0.4 is 0 Å². The quantitative estimate of drug-likeness (QED) is 0.689. The molecule has 0 fully saturated rings. The highest BCUT2D eigenvalue weighted by molar-refractivity contribution is 5.92. The SMILES string of the molecule is CCCCC(CC)CC(=Cc1ccc(O)cc1)C(=O)O. The van der Waals surface area contributed by atoms with E-state index in [-0.39, 0.29) is 5.75 Å². The molecule has 0 spiro atoms. The minimum absolute atomic E-state index is 0.188. The van der Waals surface area contributed by atoms with Gasteiger partial charge >= 0.3 is 5.97 Å². The largest absolute Gasteiger partial charge is 0.508 e. The van der Waals surface area contributed by atoms with Gasteiger partial charge in [0, 0.05) is 5.57 Å². The number of unbranched alkanes of at least 4 members (excludes halogenated alkanes) is 1. The maximum atomic E-state index is 11.4. The molecule has 20 heavy (non-hydrogen) atoms. The highest BCUT2D eigenvalue weighted by Gasteiger charge is 2.14. The van der Waals surface area contributed by atoms with Gasteiger partial charge in [-0.05, 0) is 36.1 Å². The normalized spacial score (nSPS) is 13.2. The summed E-state index contributed by atoms with van der Waals surface area (Å²) in [6.45, 7) is 4.26. The number of benzene rings is 1. The average molecular weight is 276 g/mol. The number of hydrogen-bond acceptors (Lipinski definition) is 2. The van der Waals surface area contributed by atoms with E-state index < -0.39 is 5.97 Å². The lowest BCUT2D eigenvalue weighted by molar-refractivity contribution is -0.132. The molecule has 0 heterocycles. The summed E-state index contributed by atoms with van der Waals surface area (Å²) in [5.74, 6) is -0.240. The molecule has 0 saturated carbocycles. The molecule has 0 saturated heterocycles. The first-order chi connectivity index (χ1) is 9.56. The van der Waals surface area contributed by atoms with Crippen LogP contribution in [0.4, 0.5) is 0 Å². The van der Waals surface area contributed by atoms with Crippen LogP contribution in [0, 0.1) is 5.92 Å². The maximum Gasteiger partial charge on any atom is 0.331 e. The standard InChI is InChI=1S/C17H24O3/c1-3-5-6-13(4-2)11-15(17(19)20)12-14-7-9-16(18)10-8-14/h7-10,12-13,18H,3-6,11H2,1-2H3,(H,19,20). The Morgan fingerprint density at radius 3 is 2.40 bits per heavy atom. The van der Waals surface area contributed by atoms with Crippen molar-refractivity contribution < 1.29 is 15.0 Å². The van der Waals surface area contributed by atoms with Crippen LogP contribution in [0.5, 0.6) is 5.75 Å². The molecule has 1 aromatic carbocycles. The molecule has 0 aliphatic carbocycles. The number of carboxylic acids is 1. The van der Waals surface area contributed by atoms with E-state index in [2.05, 4.69) is 13.8 Å². The number of aromatic hydroxyl groups is 1. The fraction of sp³-hybridized carbons (Fsp3) is 0.471. The number of phenolic OH excluding ortho intramolecular Hbond substituents is 1. The third-order valence-electron chi connectivity index (χ3n) is 3.56. The lowest BCUT2D eigenvalue weighted by Gasteiger charge is -2.14. The summed E-state index contributed by atoms with van der Waals surface area (Å²) in [6.07, 6.45) is 6.67. The van der Waals surface area contributed by atoms with Crippen molar-refractivity contribution in [3.63, 3.8) is 0 Å². The topological polar surface area (TPSA) is 57.5 Å². The predicted octanol–water partition coefficient (Wildman–Crippen LogP) is 4.47. The predicted molar refractivity (Wildman–Crippen MR) is 81.6 cm³/mol. The van der Waals surface area contributed by atoms with Crippen LogP contribution in [-0.4, -0.2) is 16.2 Å². The Labute approximate surface area is 121 Å². The molecule has 110 valence electrons. The van der Waals surface area contributed by atoms with Crippen LogP contribution in [0.15, 0.2) is 29.8 Å². The van der Waals surface area contributed by atoms with Crippen LogP contribution in [-0.2, 0) is 4.79 Å². The van der Waals surface area contributed by atoms with Gasteiger partial charge in [-0.15, -0.1) is 0 Å². The number of hydrogen-bond donors (Lipinski definition) is 2. The Hall–Kier alpha value is -1.77. The second-order valence-electron chi connectivity index (χ2n) is 5.19. The smallest absolute Gasteiger partial charge is 0.331 e. The van der Waals surface area contributed by atoms with Crippen molar-refractivity contribution in [3.8, 4) is 5.75 Å². The average Bonchev–Trinajstić information content (AvgIpc) is 2.44. The molecule has 3 heteroatoms. The van der Waals surface area contributed by atoms with E-state index in [0.717, 1.165) is 31.2 Å². The molecule has 1 aromatic rings. The van der Waals surface area contributed by atoms with Crippen LogP contribution in [0.3, 0.4) is 0 Å². The van der Waals surface area contributed by atoms with E-state index >= 15 is 0 Å². The van der Waals surface area contributed by atoms with Gasteiger partial charge in [0.15, 0.2) is 0 Å². The molecule has 0 aromatic heterocycles. The minimum Gasteiger partial charge on any atom is -0.508 e. The van der Waals surface area contributed by atoms with Gasteiger partial charge in [0.1, 0.15) is 5.75 Å². The summed E-state index contributed by atoms with van der Waals surface area (Å²) in [5, 5.41) is 18.6. The highest BCUT2D eigenvalue weighted by Crippen LogP contribution is 2.23. The Kier molecular flexibility index (Phi) is 6.85. The molecular weight excluding hydrogens is 252 g/mol. The van der Waals surface area contributed by atoms with Gasteiger partial charge in [-0.2, -0.15) is 0 Å². The second kappa shape index (κ2) is 8.41. The molecule has 0 bridgehead atoms. The Morgan fingerprint density at radius 2 is 1.90 bits per heavy atom. The molecule has 0 aliphatic rings. The van der Waals surface area contributed by atoms with E-state index in [9.17, 15) is 15.0 Å². The van der Waals surface area contributed by atoms with Crippen LogP contribution >= 0.6 is 0 Å². The van der Waals surface area contributed by atoms with Gasteiger partial charge in [-0.3, -0.25) is 0 Å². The lowest BCUT2D eigenvalue weighted by Crippen LogP contribution is -2.08. The Bertz CT molecular complexity index is 446. The second-order valence-corrected chi connectivity index (χ2v) is 5.19. The number of carbonyl (C=O) groups is 1. The summed E-state index contributed by atoms with van der Waals surface area (Å²) in [5.41, 5.74) is 1.25. The Morgan fingerprint density at radius 1 is 1.25 bits per heavy atom. The van der Waals surface area contributed by atoms with Gasteiger partial charge in [-0.25, -0.2) is 4.79 Å². The van der Waals surface area contributed by atoms with Gasteiger partial charge in [-0.1, -0.05) is 51.7 Å². The zero-order valence-corrected chi connectivity index (χ0v) is 12.3. The molecule has 0 radical (unpaired) electrons. The van der Waals surface area contributed by atoms with Crippen LogP contribution in [0.1, 0.15) is 51.5 Å². The van der Waals surface area contributed by atoms with E-state index in [0.29, 0.717) is 17.9 Å². The number of aliphatic carboxylic acids is 1. The zero-order valence-electron chi connectivity index (χ0n) is 12.3. The highest BCUT2D eigenvalue weighted by atomic mass is 16.4. The lowest BCUT2D eigenvalue weighted by atomic mass is 9.91. The van der Waals surface area contributed by atoms with Crippen molar-refractivity contribution in [1.82, 2.24) is 0 Å². The van der Waals surface area contributed by atoms with Gasteiger partial charge < -0.3 is 10.2 Å². The fourth-order valence-corrected chi connectivity index (χ4v) is 2.23. The summed E-state index contributed by atoms with van der Waals surface area (Å²) in [7, 11) is 0. The molecular formula is C17H24O3. The molecule has 1 unspecified atom stereocenters. The van der Waals surface area contributed by atoms with E-state index in [1.165, 1.54) is 0 Å². The van der Waals surface area contributed by atoms with Crippen molar-refractivity contribution in [1.29, 1.82) is 0 Å². The first kappa shape index (κ1) is 16.3. The molecule has 0 amide bonds. The van der Waals surface area contributed by atoms with Crippen molar-refractivity contribution >= 4 is 12.0 Å². The summed E-state index contributed by atoms with van der Waals surface area (Å²) >= 11 is 0. The third-order valence-corrected chi connectivity index (χ3v) is 3.56. The Balaban J connectivity index is 2.82. The third kappa shape index (κ3) is 5.47. The first-order valence-corrected chi connectivity index (χ1v) is 7.29. The zero-order chi connectivity index (χ0) is 15.0. The van der Waals surface area contributed by atoms with Crippen molar-refractivity contribution in [2.24, 2.45) is 5.92 Å². The molecule has 0 aliphatic heterocycles. The number of rotatable bonds is 8. The number of phenols is 1. The van der Waals surface area contributed by atoms with Gasteiger partial charge in [0.2, 0.25) is 0 Å². The van der Waals surface area contributed by atoms with Gasteiger partial charge in [0.25, 0.3) is 0 Å². The molecule has 3 nitrogen and oxygen atoms in total.